The lowest BCUT2D eigenvalue weighted by molar-refractivity contribution is 0.494. The number of likely N-dealkylation sites (N-methyl/N-ethyl adjacent to an activating group) is 1. The molecular weight excluding hydrogens is 282 g/mol. The van der Waals surface area contributed by atoms with Gasteiger partial charge in [-0.1, -0.05) is 49.4 Å². The SMILES string of the molecule is CCNC(Cc1ccc2ccccc2c1)C(C)S(C)(=O)=O. The van der Waals surface area contributed by atoms with Crippen LogP contribution in [-0.2, 0) is 16.3 Å². The molecule has 2 atom stereocenters. The number of fused-ring (bicyclic) bond motifs is 1. The van der Waals surface area contributed by atoms with Gasteiger partial charge in [0, 0.05) is 12.3 Å². The van der Waals surface area contributed by atoms with E-state index < -0.39 is 15.1 Å². The summed E-state index contributed by atoms with van der Waals surface area (Å²) in [6.07, 6.45) is 2.02. The summed E-state index contributed by atoms with van der Waals surface area (Å²) in [6.45, 7) is 4.55. The number of hydrogen-bond donors (Lipinski definition) is 1. The molecule has 2 aromatic carbocycles. The number of sulfone groups is 1. The molecule has 0 fully saturated rings. The van der Waals surface area contributed by atoms with Crippen LogP contribution < -0.4 is 5.32 Å². The normalized spacial score (nSPS) is 15.0. The minimum atomic E-state index is -3.05. The van der Waals surface area contributed by atoms with Crippen LogP contribution in [0.2, 0.25) is 0 Å². The highest BCUT2D eigenvalue weighted by atomic mass is 32.2. The lowest BCUT2D eigenvalue weighted by atomic mass is 10.00. The summed E-state index contributed by atoms with van der Waals surface area (Å²) in [5.41, 5.74) is 1.16. The van der Waals surface area contributed by atoms with Gasteiger partial charge in [0.2, 0.25) is 0 Å². The molecule has 0 saturated heterocycles. The quantitative estimate of drug-likeness (QED) is 0.892. The summed E-state index contributed by atoms with van der Waals surface area (Å²) >= 11 is 0. The van der Waals surface area contributed by atoms with Gasteiger partial charge in [0.1, 0.15) is 0 Å². The standard InChI is InChI=1S/C17H23NO2S/c1-4-18-17(13(2)21(3,19)20)12-14-9-10-15-7-5-6-8-16(15)11-14/h5-11,13,17-18H,4,12H2,1-3H3. The summed E-state index contributed by atoms with van der Waals surface area (Å²) in [5.74, 6) is 0. The first-order valence-electron chi connectivity index (χ1n) is 7.31. The van der Waals surface area contributed by atoms with Crippen LogP contribution >= 0.6 is 0 Å². The summed E-state index contributed by atoms with van der Waals surface area (Å²) < 4.78 is 23.6. The first kappa shape index (κ1) is 16.0. The van der Waals surface area contributed by atoms with Crippen LogP contribution in [0.25, 0.3) is 10.8 Å². The summed E-state index contributed by atoms with van der Waals surface area (Å²) in [7, 11) is -3.05. The molecule has 0 aliphatic rings. The molecule has 3 nitrogen and oxygen atoms in total. The third kappa shape index (κ3) is 4.05. The van der Waals surface area contributed by atoms with Gasteiger partial charge in [0.25, 0.3) is 0 Å². The molecule has 0 aromatic heterocycles. The number of rotatable bonds is 6. The van der Waals surface area contributed by atoms with Crippen molar-refractivity contribution < 1.29 is 8.42 Å². The fourth-order valence-corrected chi connectivity index (χ4v) is 3.37. The molecule has 0 heterocycles. The largest absolute Gasteiger partial charge is 0.313 e. The molecule has 0 spiro atoms. The third-order valence-corrected chi connectivity index (χ3v) is 5.66. The van der Waals surface area contributed by atoms with E-state index in [4.69, 9.17) is 0 Å². The van der Waals surface area contributed by atoms with Crippen molar-refractivity contribution in [3.8, 4) is 0 Å². The van der Waals surface area contributed by atoms with E-state index >= 15 is 0 Å². The fourth-order valence-electron chi connectivity index (χ4n) is 2.58. The second kappa shape index (κ2) is 6.58. The van der Waals surface area contributed by atoms with Crippen LogP contribution in [0, 0.1) is 0 Å². The van der Waals surface area contributed by atoms with Crippen LogP contribution in [0.3, 0.4) is 0 Å². The molecule has 4 heteroatoms. The Hall–Kier alpha value is -1.39. The molecule has 2 aromatic rings. The maximum absolute atomic E-state index is 11.8. The van der Waals surface area contributed by atoms with Gasteiger partial charge in [-0.25, -0.2) is 8.42 Å². The molecule has 0 amide bonds. The first-order chi connectivity index (χ1) is 9.91. The Morgan fingerprint density at radius 2 is 1.76 bits per heavy atom. The summed E-state index contributed by atoms with van der Waals surface area (Å²) in [6, 6.07) is 14.5. The zero-order chi connectivity index (χ0) is 15.5. The van der Waals surface area contributed by atoms with Crippen LogP contribution in [0.5, 0.6) is 0 Å². The molecule has 0 radical (unpaired) electrons. The van der Waals surface area contributed by atoms with E-state index in [9.17, 15) is 8.42 Å². The molecule has 2 rings (SSSR count). The van der Waals surface area contributed by atoms with E-state index in [-0.39, 0.29) is 6.04 Å². The van der Waals surface area contributed by atoms with Crippen LogP contribution in [-0.4, -0.2) is 32.5 Å². The van der Waals surface area contributed by atoms with Crippen LogP contribution in [0.15, 0.2) is 42.5 Å². The Morgan fingerprint density at radius 1 is 1.10 bits per heavy atom. The first-order valence-corrected chi connectivity index (χ1v) is 9.27. The Morgan fingerprint density at radius 3 is 2.38 bits per heavy atom. The molecule has 0 aliphatic heterocycles. The molecule has 2 unspecified atom stereocenters. The molecular formula is C17H23NO2S. The van der Waals surface area contributed by atoms with Gasteiger partial charge in [0.05, 0.1) is 5.25 Å². The number of nitrogens with one attached hydrogen (secondary N) is 1. The van der Waals surface area contributed by atoms with E-state index in [1.165, 1.54) is 17.0 Å². The van der Waals surface area contributed by atoms with Gasteiger partial charge in [0.15, 0.2) is 9.84 Å². The lowest BCUT2D eigenvalue weighted by Gasteiger charge is -2.23. The van der Waals surface area contributed by atoms with Crippen molar-refractivity contribution in [1.82, 2.24) is 5.32 Å². The molecule has 0 aliphatic carbocycles. The van der Waals surface area contributed by atoms with Crippen molar-refractivity contribution in [3.63, 3.8) is 0 Å². The Kier molecular flexibility index (Phi) is 5.01. The molecule has 21 heavy (non-hydrogen) atoms. The Labute approximate surface area is 127 Å². The van der Waals surface area contributed by atoms with E-state index in [2.05, 4.69) is 35.6 Å². The summed E-state index contributed by atoms with van der Waals surface area (Å²) in [5, 5.41) is 5.30. The monoisotopic (exact) mass is 305 g/mol. The minimum Gasteiger partial charge on any atom is -0.313 e. The molecule has 1 N–H and O–H groups in total. The molecule has 0 saturated carbocycles. The number of benzene rings is 2. The smallest absolute Gasteiger partial charge is 0.151 e. The van der Waals surface area contributed by atoms with Gasteiger partial charge >= 0.3 is 0 Å². The second-order valence-electron chi connectivity index (χ2n) is 5.58. The average molecular weight is 305 g/mol. The van der Waals surface area contributed by atoms with Crippen molar-refractivity contribution in [2.24, 2.45) is 0 Å². The predicted molar refractivity (Wildman–Crippen MR) is 89.4 cm³/mol. The van der Waals surface area contributed by atoms with Crippen molar-refractivity contribution in [2.45, 2.75) is 31.6 Å². The molecule has 114 valence electrons. The fraction of sp³-hybridized carbons (Fsp3) is 0.412. The van der Waals surface area contributed by atoms with Crippen molar-refractivity contribution in [2.75, 3.05) is 12.8 Å². The van der Waals surface area contributed by atoms with E-state index in [0.29, 0.717) is 6.42 Å². The van der Waals surface area contributed by atoms with Gasteiger partial charge in [-0.2, -0.15) is 0 Å². The zero-order valence-corrected chi connectivity index (χ0v) is 13.7. The highest BCUT2D eigenvalue weighted by Gasteiger charge is 2.25. The van der Waals surface area contributed by atoms with Gasteiger partial charge < -0.3 is 5.32 Å². The zero-order valence-electron chi connectivity index (χ0n) is 12.8. The van der Waals surface area contributed by atoms with Gasteiger partial charge in [-0.3, -0.25) is 0 Å². The second-order valence-corrected chi connectivity index (χ2v) is 7.99. The number of hydrogen-bond acceptors (Lipinski definition) is 3. The highest BCUT2D eigenvalue weighted by Crippen LogP contribution is 2.18. The van der Waals surface area contributed by atoms with E-state index in [1.807, 2.05) is 19.1 Å². The molecule has 0 bridgehead atoms. The average Bonchev–Trinajstić information content (AvgIpc) is 2.45. The maximum atomic E-state index is 11.8. The maximum Gasteiger partial charge on any atom is 0.151 e. The minimum absolute atomic E-state index is 0.0637. The van der Waals surface area contributed by atoms with Crippen molar-refractivity contribution >= 4 is 20.6 Å². The Balaban J connectivity index is 2.26. The third-order valence-electron chi connectivity index (χ3n) is 3.98. The van der Waals surface area contributed by atoms with Crippen molar-refractivity contribution in [1.29, 1.82) is 0 Å². The Bertz CT molecular complexity index is 710. The van der Waals surface area contributed by atoms with Crippen molar-refractivity contribution in [3.05, 3.63) is 48.0 Å². The highest BCUT2D eigenvalue weighted by molar-refractivity contribution is 7.91. The van der Waals surface area contributed by atoms with E-state index in [0.717, 1.165) is 12.1 Å². The van der Waals surface area contributed by atoms with Gasteiger partial charge in [-0.15, -0.1) is 0 Å². The van der Waals surface area contributed by atoms with E-state index in [1.54, 1.807) is 6.92 Å². The van der Waals surface area contributed by atoms with Crippen LogP contribution in [0.1, 0.15) is 19.4 Å². The van der Waals surface area contributed by atoms with Crippen LogP contribution in [0.4, 0.5) is 0 Å². The lowest BCUT2D eigenvalue weighted by Crippen LogP contribution is -2.43. The predicted octanol–water partition coefficient (Wildman–Crippen LogP) is 2.79. The summed E-state index contributed by atoms with van der Waals surface area (Å²) in [4.78, 5) is 0. The topological polar surface area (TPSA) is 46.2 Å². The van der Waals surface area contributed by atoms with Gasteiger partial charge in [-0.05, 0) is 36.2 Å².